The summed E-state index contributed by atoms with van der Waals surface area (Å²) in [5.74, 6) is 0. The highest BCUT2D eigenvalue weighted by atomic mass is 79.9. The van der Waals surface area contributed by atoms with Gasteiger partial charge in [0.05, 0.1) is 6.10 Å². The molecule has 0 N–H and O–H groups in total. The van der Waals surface area contributed by atoms with Crippen LogP contribution in [0.3, 0.4) is 0 Å². The number of rotatable bonds is 4. The second-order valence-corrected chi connectivity index (χ2v) is 4.70. The first-order valence-electron chi connectivity index (χ1n) is 4.88. The monoisotopic (exact) mass is 234 g/mol. The lowest BCUT2D eigenvalue weighted by Gasteiger charge is -2.28. The summed E-state index contributed by atoms with van der Waals surface area (Å²) in [6.45, 7) is 5.58. The minimum absolute atomic E-state index is 0.439. The third-order valence-corrected chi connectivity index (χ3v) is 4.27. The van der Waals surface area contributed by atoms with Gasteiger partial charge >= 0.3 is 0 Å². The molecule has 1 aliphatic heterocycles. The molecule has 0 bridgehead atoms. The second-order valence-electron chi connectivity index (χ2n) is 4.14. The Labute approximate surface area is 84.0 Å². The summed E-state index contributed by atoms with van der Waals surface area (Å²) in [6, 6.07) is 0. The van der Waals surface area contributed by atoms with E-state index in [1.807, 2.05) is 0 Å². The zero-order valence-electron chi connectivity index (χ0n) is 8.11. The molecule has 0 radical (unpaired) electrons. The van der Waals surface area contributed by atoms with Crippen LogP contribution in [0.25, 0.3) is 0 Å². The van der Waals surface area contributed by atoms with Crippen LogP contribution in [0, 0.1) is 5.41 Å². The van der Waals surface area contributed by atoms with Gasteiger partial charge < -0.3 is 4.74 Å². The van der Waals surface area contributed by atoms with Crippen molar-refractivity contribution in [2.24, 2.45) is 5.41 Å². The van der Waals surface area contributed by atoms with E-state index >= 15 is 0 Å². The molecule has 1 nitrogen and oxygen atoms in total. The lowest BCUT2D eigenvalue weighted by molar-refractivity contribution is 0.0720. The largest absolute Gasteiger partial charge is 0.378 e. The summed E-state index contributed by atoms with van der Waals surface area (Å²) in [7, 11) is 0. The number of ether oxygens (including phenoxy) is 1. The van der Waals surface area contributed by atoms with E-state index in [1.165, 1.54) is 25.7 Å². The predicted molar refractivity (Wildman–Crippen MR) is 55.8 cm³/mol. The zero-order valence-corrected chi connectivity index (χ0v) is 9.69. The van der Waals surface area contributed by atoms with Gasteiger partial charge in [-0.25, -0.2) is 0 Å². The van der Waals surface area contributed by atoms with E-state index in [2.05, 4.69) is 29.8 Å². The van der Waals surface area contributed by atoms with Crippen LogP contribution in [0.5, 0.6) is 0 Å². The van der Waals surface area contributed by atoms with E-state index in [1.54, 1.807) is 0 Å². The van der Waals surface area contributed by atoms with Crippen molar-refractivity contribution >= 4 is 15.9 Å². The smallest absolute Gasteiger partial charge is 0.0581 e. The van der Waals surface area contributed by atoms with Gasteiger partial charge in [-0.1, -0.05) is 29.8 Å². The van der Waals surface area contributed by atoms with Gasteiger partial charge in [0.25, 0.3) is 0 Å². The quantitative estimate of drug-likeness (QED) is 0.679. The molecule has 1 saturated heterocycles. The normalized spacial score (nSPS) is 28.8. The SMILES string of the molecule is CCC(C)(CBr)C[C@H]1CCCO1. The lowest BCUT2D eigenvalue weighted by atomic mass is 9.83. The van der Waals surface area contributed by atoms with Gasteiger partial charge in [0.15, 0.2) is 0 Å². The summed E-state index contributed by atoms with van der Waals surface area (Å²) in [6.07, 6.45) is 5.51. The third kappa shape index (κ3) is 2.74. The van der Waals surface area contributed by atoms with Gasteiger partial charge in [0.2, 0.25) is 0 Å². The van der Waals surface area contributed by atoms with Gasteiger partial charge in [0, 0.05) is 11.9 Å². The van der Waals surface area contributed by atoms with Gasteiger partial charge in [-0.2, -0.15) is 0 Å². The zero-order chi connectivity index (χ0) is 9.03. The van der Waals surface area contributed by atoms with Crippen LogP contribution in [-0.4, -0.2) is 18.0 Å². The summed E-state index contributed by atoms with van der Waals surface area (Å²) in [4.78, 5) is 0. The average molecular weight is 235 g/mol. The van der Waals surface area contributed by atoms with Gasteiger partial charge in [0.1, 0.15) is 0 Å². The maximum Gasteiger partial charge on any atom is 0.0581 e. The first kappa shape index (κ1) is 10.5. The minimum atomic E-state index is 0.439. The second kappa shape index (κ2) is 4.61. The van der Waals surface area contributed by atoms with Crippen molar-refractivity contribution in [2.75, 3.05) is 11.9 Å². The third-order valence-electron chi connectivity index (χ3n) is 2.92. The fraction of sp³-hybridized carbons (Fsp3) is 1.00. The van der Waals surface area contributed by atoms with Gasteiger partial charge in [-0.15, -0.1) is 0 Å². The molecule has 0 saturated carbocycles. The Kier molecular flexibility index (Phi) is 4.04. The van der Waals surface area contributed by atoms with Crippen LogP contribution in [0.4, 0.5) is 0 Å². The van der Waals surface area contributed by atoms with Crippen LogP contribution in [-0.2, 0) is 4.74 Å². The molecular formula is C10H19BrO. The lowest BCUT2D eigenvalue weighted by Crippen LogP contribution is -2.24. The van der Waals surface area contributed by atoms with Crippen molar-refractivity contribution in [2.45, 2.75) is 45.6 Å². The molecule has 0 aliphatic carbocycles. The van der Waals surface area contributed by atoms with E-state index < -0.39 is 0 Å². The minimum Gasteiger partial charge on any atom is -0.378 e. The van der Waals surface area contributed by atoms with Crippen molar-refractivity contribution in [3.8, 4) is 0 Å². The molecule has 0 amide bonds. The van der Waals surface area contributed by atoms with Crippen LogP contribution < -0.4 is 0 Å². The molecule has 2 heteroatoms. The van der Waals surface area contributed by atoms with E-state index in [4.69, 9.17) is 4.74 Å². The molecule has 1 rings (SSSR count). The Balaban J connectivity index is 2.35. The molecule has 1 aliphatic rings. The molecule has 1 fully saturated rings. The summed E-state index contributed by atoms with van der Waals surface area (Å²) < 4.78 is 5.63. The van der Waals surface area contributed by atoms with Gasteiger partial charge in [-0.05, 0) is 31.1 Å². The number of hydrogen-bond donors (Lipinski definition) is 0. The van der Waals surface area contributed by atoms with Crippen molar-refractivity contribution in [1.29, 1.82) is 0 Å². The van der Waals surface area contributed by atoms with Crippen molar-refractivity contribution < 1.29 is 4.74 Å². The number of hydrogen-bond acceptors (Lipinski definition) is 1. The molecule has 12 heavy (non-hydrogen) atoms. The van der Waals surface area contributed by atoms with Crippen LogP contribution in [0.15, 0.2) is 0 Å². The molecule has 0 aromatic rings. The Bertz CT molecular complexity index is 126. The Morgan fingerprint density at radius 1 is 1.58 bits per heavy atom. The number of halogens is 1. The van der Waals surface area contributed by atoms with E-state index in [9.17, 15) is 0 Å². The van der Waals surface area contributed by atoms with Crippen LogP contribution in [0.2, 0.25) is 0 Å². The van der Waals surface area contributed by atoms with Crippen molar-refractivity contribution in [3.63, 3.8) is 0 Å². The molecule has 1 heterocycles. The van der Waals surface area contributed by atoms with Crippen LogP contribution in [0.1, 0.15) is 39.5 Å². The molecular weight excluding hydrogens is 216 g/mol. The molecule has 0 spiro atoms. The molecule has 72 valence electrons. The van der Waals surface area contributed by atoms with E-state index in [0.717, 1.165) is 11.9 Å². The van der Waals surface area contributed by atoms with Crippen molar-refractivity contribution in [1.82, 2.24) is 0 Å². The molecule has 2 atom stereocenters. The molecule has 0 aromatic carbocycles. The fourth-order valence-corrected chi connectivity index (χ4v) is 2.27. The topological polar surface area (TPSA) is 9.23 Å². The Morgan fingerprint density at radius 3 is 2.75 bits per heavy atom. The predicted octanol–water partition coefficient (Wildman–Crippen LogP) is 3.37. The highest BCUT2D eigenvalue weighted by Crippen LogP contribution is 2.33. The first-order valence-corrected chi connectivity index (χ1v) is 6.00. The maximum absolute atomic E-state index is 5.63. The van der Waals surface area contributed by atoms with E-state index in [0.29, 0.717) is 11.5 Å². The first-order chi connectivity index (χ1) is 5.70. The van der Waals surface area contributed by atoms with Crippen LogP contribution >= 0.6 is 15.9 Å². The summed E-state index contributed by atoms with van der Waals surface area (Å²) >= 11 is 3.58. The average Bonchev–Trinajstić information content (AvgIpc) is 2.57. The maximum atomic E-state index is 5.63. The van der Waals surface area contributed by atoms with E-state index in [-0.39, 0.29) is 0 Å². The molecule has 1 unspecified atom stereocenters. The molecule has 0 aromatic heterocycles. The fourth-order valence-electron chi connectivity index (χ4n) is 1.65. The summed E-state index contributed by atoms with van der Waals surface area (Å²) in [5.41, 5.74) is 0.439. The number of alkyl halides is 1. The Hall–Kier alpha value is 0.440. The highest BCUT2D eigenvalue weighted by molar-refractivity contribution is 9.09. The van der Waals surface area contributed by atoms with Crippen molar-refractivity contribution in [3.05, 3.63) is 0 Å². The highest BCUT2D eigenvalue weighted by Gasteiger charge is 2.27. The standard InChI is InChI=1S/C10H19BrO/c1-3-10(2,8-11)7-9-5-4-6-12-9/h9H,3-8H2,1-2H3/t9-,10?/m1/s1. The summed E-state index contributed by atoms with van der Waals surface area (Å²) in [5, 5.41) is 1.09. The van der Waals surface area contributed by atoms with Gasteiger partial charge in [-0.3, -0.25) is 0 Å². The Morgan fingerprint density at radius 2 is 2.33 bits per heavy atom.